The van der Waals surface area contributed by atoms with Crippen LogP contribution in [0.2, 0.25) is 0 Å². The van der Waals surface area contributed by atoms with E-state index in [2.05, 4.69) is 10.3 Å². The molecule has 0 bridgehead atoms. The van der Waals surface area contributed by atoms with E-state index >= 15 is 0 Å². The number of rotatable bonds is 3. The lowest BCUT2D eigenvalue weighted by molar-refractivity contribution is 0.576. The Bertz CT molecular complexity index is 400. The predicted molar refractivity (Wildman–Crippen MR) is 55.8 cm³/mol. The molecule has 1 heterocycles. The van der Waals surface area contributed by atoms with Crippen LogP contribution in [0.1, 0.15) is 5.69 Å². The summed E-state index contributed by atoms with van der Waals surface area (Å²) in [6.45, 7) is 0. The summed E-state index contributed by atoms with van der Waals surface area (Å²) in [7, 11) is 0. The molecule has 0 radical (unpaired) electrons. The molecule has 0 aliphatic rings. The van der Waals surface area contributed by atoms with Crippen molar-refractivity contribution in [2.45, 2.75) is 5.88 Å². The second-order valence-corrected chi connectivity index (χ2v) is 3.04. The first-order chi connectivity index (χ1) is 6.88. The SMILES string of the molecule is ClCc1coc(Nc2ccccc2)n1. The molecule has 4 heteroatoms. The summed E-state index contributed by atoms with van der Waals surface area (Å²) in [6.07, 6.45) is 1.54. The molecule has 0 atom stereocenters. The van der Waals surface area contributed by atoms with Crippen LogP contribution in [0.25, 0.3) is 0 Å². The largest absolute Gasteiger partial charge is 0.432 e. The van der Waals surface area contributed by atoms with Crippen LogP contribution in [0.15, 0.2) is 41.0 Å². The number of nitrogens with one attached hydrogen (secondary N) is 1. The number of oxazole rings is 1. The first-order valence-corrected chi connectivity index (χ1v) is 4.74. The van der Waals surface area contributed by atoms with Crippen molar-refractivity contribution in [2.75, 3.05) is 5.32 Å². The number of anilines is 2. The van der Waals surface area contributed by atoms with Crippen molar-refractivity contribution in [1.29, 1.82) is 0 Å². The Hall–Kier alpha value is -1.48. The van der Waals surface area contributed by atoms with Gasteiger partial charge in [-0.1, -0.05) is 18.2 Å². The minimum absolute atomic E-state index is 0.361. The zero-order valence-electron chi connectivity index (χ0n) is 7.40. The Balaban J connectivity index is 2.11. The summed E-state index contributed by atoms with van der Waals surface area (Å²) in [5, 5.41) is 3.02. The van der Waals surface area contributed by atoms with Gasteiger partial charge in [-0.25, -0.2) is 0 Å². The molecular formula is C10H9ClN2O. The number of alkyl halides is 1. The van der Waals surface area contributed by atoms with E-state index in [-0.39, 0.29) is 0 Å². The molecule has 14 heavy (non-hydrogen) atoms. The standard InChI is InChI=1S/C10H9ClN2O/c11-6-9-7-14-10(13-9)12-8-4-2-1-3-5-8/h1-5,7H,6H2,(H,12,13). The van der Waals surface area contributed by atoms with Crippen molar-refractivity contribution in [2.24, 2.45) is 0 Å². The summed E-state index contributed by atoms with van der Waals surface area (Å²) in [5.74, 6) is 0.361. The number of hydrogen-bond acceptors (Lipinski definition) is 3. The van der Waals surface area contributed by atoms with Gasteiger partial charge in [0.2, 0.25) is 0 Å². The van der Waals surface area contributed by atoms with Crippen LogP contribution in [-0.4, -0.2) is 4.98 Å². The van der Waals surface area contributed by atoms with Gasteiger partial charge in [-0.3, -0.25) is 0 Å². The van der Waals surface area contributed by atoms with E-state index in [4.69, 9.17) is 16.0 Å². The Labute approximate surface area is 86.7 Å². The summed E-state index contributed by atoms with van der Waals surface area (Å²) in [4.78, 5) is 4.11. The number of nitrogens with zero attached hydrogens (tertiary/aromatic N) is 1. The average molecular weight is 209 g/mol. The monoisotopic (exact) mass is 208 g/mol. The molecule has 0 fully saturated rings. The maximum Gasteiger partial charge on any atom is 0.299 e. The van der Waals surface area contributed by atoms with Gasteiger partial charge in [-0.2, -0.15) is 4.98 Å². The number of para-hydroxylation sites is 1. The Morgan fingerprint density at radius 1 is 1.29 bits per heavy atom. The van der Waals surface area contributed by atoms with E-state index in [9.17, 15) is 0 Å². The molecule has 2 aromatic rings. The summed E-state index contributed by atoms with van der Waals surface area (Å²) >= 11 is 5.59. The third-order valence-corrected chi connectivity index (χ3v) is 1.99. The van der Waals surface area contributed by atoms with Gasteiger partial charge < -0.3 is 9.73 Å². The normalized spacial score (nSPS) is 10.1. The van der Waals surface area contributed by atoms with Crippen molar-refractivity contribution in [3.05, 3.63) is 42.3 Å². The molecular weight excluding hydrogens is 200 g/mol. The van der Waals surface area contributed by atoms with Crippen molar-refractivity contribution in [3.8, 4) is 0 Å². The summed E-state index contributed by atoms with van der Waals surface area (Å²) < 4.78 is 5.15. The fourth-order valence-electron chi connectivity index (χ4n) is 1.07. The molecule has 0 saturated heterocycles. The van der Waals surface area contributed by atoms with Gasteiger partial charge in [-0.05, 0) is 12.1 Å². The molecule has 2 rings (SSSR count). The lowest BCUT2D eigenvalue weighted by Crippen LogP contribution is -1.89. The zero-order valence-corrected chi connectivity index (χ0v) is 8.16. The highest BCUT2D eigenvalue weighted by molar-refractivity contribution is 6.16. The fourth-order valence-corrected chi connectivity index (χ4v) is 1.19. The van der Waals surface area contributed by atoms with E-state index in [1.54, 1.807) is 0 Å². The van der Waals surface area contributed by atoms with Crippen LogP contribution >= 0.6 is 11.6 Å². The zero-order chi connectivity index (χ0) is 9.80. The van der Waals surface area contributed by atoms with Gasteiger partial charge in [0.1, 0.15) is 6.26 Å². The number of hydrogen-bond donors (Lipinski definition) is 1. The van der Waals surface area contributed by atoms with Gasteiger partial charge in [0, 0.05) is 5.69 Å². The second kappa shape index (κ2) is 4.15. The van der Waals surface area contributed by atoms with Crippen LogP contribution in [0.5, 0.6) is 0 Å². The third-order valence-electron chi connectivity index (χ3n) is 1.71. The van der Waals surface area contributed by atoms with E-state index in [0.717, 1.165) is 11.4 Å². The smallest absolute Gasteiger partial charge is 0.299 e. The Kier molecular flexibility index (Phi) is 2.70. The van der Waals surface area contributed by atoms with Crippen LogP contribution in [0.3, 0.4) is 0 Å². The molecule has 0 saturated carbocycles. The average Bonchev–Trinajstić information content (AvgIpc) is 2.67. The van der Waals surface area contributed by atoms with Crippen LogP contribution in [0, 0.1) is 0 Å². The molecule has 0 spiro atoms. The molecule has 1 N–H and O–H groups in total. The van der Waals surface area contributed by atoms with Gasteiger partial charge in [0.25, 0.3) is 6.01 Å². The molecule has 0 unspecified atom stereocenters. The lowest BCUT2D eigenvalue weighted by atomic mass is 10.3. The van der Waals surface area contributed by atoms with E-state index in [0.29, 0.717) is 11.9 Å². The van der Waals surface area contributed by atoms with Crippen molar-refractivity contribution in [3.63, 3.8) is 0 Å². The quantitative estimate of drug-likeness (QED) is 0.788. The molecule has 3 nitrogen and oxygen atoms in total. The molecule has 1 aromatic carbocycles. The maximum absolute atomic E-state index is 5.59. The predicted octanol–water partition coefficient (Wildman–Crippen LogP) is 3.16. The van der Waals surface area contributed by atoms with Gasteiger partial charge >= 0.3 is 0 Å². The molecule has 72 valence electrons. The van der Waals surface area contributed by atoms with Crippen molar-refractivity contribution >= 4 is 23.3 Å². The van der Waals surface area contributed by atoms with Crippen LogP contribution in [-0.2, 0) is 5.88 Å². The van der Waals surface area contributed by atoms with Crippen LogP contribution < -0.4 is 5.32 Å². The van der Waals surface area contributed by atoms with Crippen molar-refractivity contribution < 1.29 is 4.42 Å². The van der Waals surface area contributed by atoms with E-state index < -0.39 is 0 Å². The Morgan fingerprint density at radius 2 is 2.07 bits per heavy atom. The van der Waals surface area contributed by atoms with E-state index in [1.165, 1.54) is 6.26 Å². The first kappa shape index (κ1) is 9.09. The minimum atomic E-state index is 0.361. The number of benzene rings is 1. The maximum atomic E-state index is 5.59. The van der Waals surface area contributed by atoms with Gasteiger partial charge in [0.05, 0.1) is 11.6 Å². The summed E-state index contributed by atoms with van der Waals surface area (Å²) in [6, 6.07) is 10.2. The van der Waals surface area contributed by atoms with Crippen molar-refractivity contribution in [1.82, 2.24) is 4.98 Å². The van der Waals surface area contributed by atoms with Crippen LogP contribution in [0.4, 0.5) is 11.7 Å². The number of aromatic nitrogens is 1. The molecule has 0 aliphatic carbocycles. The fraction of sp³-hybridized carbons (Fsp3) is 0.100. The summed E-state index contributed by atoms with van der Waals surface area (Å²) in [5.41, 5.74) is 1.67. The molecule has 0 amide bonds. The van der Waals surface area contributed by atoms with E-state index in [1.807, 2.05) is 30.3 Å². The minimum Gasteiger partial charge on any atom is -0.432 e. The lowest BCUT2D eigenvalue weighted by Gasteiger charge is -1.98. The van der Waals surface area contributed by atoms with Gasteiger partial charge in [-0.15, -0.1) is 11.6 Å². The second-order valence-electron chi connectivity index (χ2n) is 2.77. The number of halogens is 1. The first-order valence-electron chi connectivity index (χ1n) is 4.21. The molecule has 0 aliphatic heterocycles. The highest BCUT2D eigenvalue weighted by atomic mass is 35.5. The highest BCUT2D eigenvalue weighted by Gasteiger charge is 2.01. The molecule has 1 aromatic heterocycles. The van der Waals surface area contributed by atoms with Gasteiger partial charge in [0.15, 0.2) is 0 Å². The highest BCUT2D eigenvalue weighted by Crippen LogP contribution is 2.15. The third kappa shape index (κ3) is 2.06. The topological polar surface area (TPSA) is 38.1 Å². The Morgan fingerprint density at radius 3 is 2.71 bits per heavy atom.